The van der Waals surface area contributed by atoms with E-state index in [4.69, 9.17) is 4.74 Å². The molecule has 1 aromatic heterocycles. The van der Waals surface area contributed by atoms with Crippen molar-refractivity contribution < 1.29 is 9.53 Å². The van der Waals surface area contributed by atoms with Crippen molar-refractivity contribution >= 4 is 5.91 Å². The maximum Gasteiger partial charge on any atom is 0.273 e. The van der Waals surface area contributed by atoms with E-state index in [9.17, 15) is 4.79 Å². The van der Waals surface area contributed by atoms with Crippen molar-refractivity contribution in [2.75, 3.05) is 32.8 Å². The van der Waals surface area contributed by atoms with Crippen LogP contribution >= 0.6 is 0 Å². The number of carbonyl (C=O) groups excluding carboxylic acids is 1. The van der Waals surface area contributed by atoms with Gasteiger partial charge in [0.15, 0.2) is 5.69 Å². The molecular weight excluding hydrogens is 354 g/mol. The number of morpholine rings is 1. The molecule has 2 aromatic carbocycles. The Kier molecular flexibility index (Phi) is 5.75. The average molecular weight is 377 g/mol. The molecule has 0 bridgehead atoms. The van der Waals surface area contributed by atoms with Gasteiger partial charge in [0.1, 0.15) is 0 Å². The average Bonchev–Trinajstić information content (AvgIpc) is 3.26. The van der Waals surface area contributed by atoms with Gasteiger partial charge in [0.2, 0.25) is 0 Å². The maximum atomic E-state index is 12.6. The lowest BCUT2D eigenvalue weighted by molar-refractivity contribution is 0.0162. The van der Waals surface area contributed by atoms with Gasteiger partial charge in [-0.3, -0.25) is 9.69 Å². The minimum atomic E-state index is -0.226. The van der Waals surface area contributed by atoms with Crippen LogP contribution in [0, 0.1) is 0 Å². The van der Waals surface area contributed by atoms with E-state index in [-0.39, 0.29) is 11.9 Å². The van der Waals surface area contributed by atoms with E-state index < -0.39 is 0 Å². The van der Waals surface area contributed by atoms with Crippen molar-refractivity contribution in [2.24, 2.45) is 0 Å². The van der Waals surface area contributed by atoms with Gasteiger partial charge in [0, 0.05) is 19.6 Å². The van der Waals surface area contributed by atoms with Gasteiger partial charge >= 0.3 is 0 Å². The van der Waals surface area contributed by atoms with E-state index in [1.165, 1.54) is 16.6 Å². The summed E-state index contributed by atoms with van der Waals surface area (Å²) in [7, 11) is 0. The van der Waals surface area contributed by atoms with E-state index in [1.54, 1.807) is 0 Å². The Balaban J connectivity index is 1.45. The molecule has 4 rings (SSSR count). The molecule has 2 heterocycles. The molecule has 7 heteroatoms. The Morgan fingerprint density at radius 2 is 1.71 bits per heavy atom. The Labute approximate surface area is 163 Å². The molecule has 7 nitrogen and oxygen atoms in total. The van der Waals surface area contributed by atoms with E-state index in [0.29, 0.717) is 25.5 Å². The number of hydrogen-bond donors (Lipinski definition) is 1. The van der Waals surface area contributed by atoms with Crippen LogP contribution in [0.15, 0.2) is 66.9 Å². The molecule has 0 saturated carbocycles. The Morgan fingerprint density at radius 1 is 1.04 bits per heavy atom. The minimum absolute atomic E-state index is 0.0956. The number of nitrogens with zero attached hydrogens (tertiary/aromatic N) is 4. The number of benzene rings is 2. The molecule has 1 N–H and O–H groups in total. The van der Waals surface area contributed by atoms with Gasteiger partial charge in [-0.1, -0.05) is 48.5 Å². The first kappa shape index (κ1) is 18.3. The Morgan fingerprint density at radius 3 is 2.43 bits per heavy atom. The SMILES string of the molecule is O=C(NCC(c1ccccc1)N1CCOCC1)c1cnn(-c2ccccc2)n1. The lowest BCUT2D eigenvalue weighted by Crippen LogP contribution is -2.43. The standard InChI is InChI=1S/C21H23N5O2/c27-21(19-15-23-26(24-19)18-9-5-2-6-10-18)22-16-20(17-7-3-1-4-8-17)25-11-13-28-14-12-25/h1-10,15,20H,11-14,16H2,(H,22,27). The number of aromatic nitrogens is 3. The van der Waals surface area contributed by atoms with Crippen LogP contribution in [0.4, 0.5) is 0 Å². The third kappa shape index (κ3) is 4.27. The molecule has 28 heavy (non-hydrogen) atoms. The van der Waals surface area contributed by atoms with Gasteiger partial charge in [0.05, 0.1) is 31.1 Å². The molecule has 0 aliphatic carbocycles. The van der Waals surface area contributed by atoms with Gasteiger partial charge in [0.25, 0.3) is 5.91 Å². The van der Waals surface area contributed by atoms with Crippen molar-refractivity contribution in [2.45, 2.75) is 6.04 Å². The largest absolute Gasteiger partial charge is 0.379 e. The molecule has 1 amide bonds. The van der Waals surface area contributed by atoms with E-state index in [0.717, 1.165) is 18.8 Å². The van der Waals surface area contributed by atoms with Crippen LogP contribution in [-0.2, 0) is 4.74 Å². The first-order valence-corrected chi connectivity index (χ1v) is 9.44. The molecule has 1 unspecified atom stereocenters. The fourth-order valence-corrected chi connectivity index (χ4v) is 3.35. The monoisotopic (exact) mass is 377 g/mol. The highest BCUT2D eigenvalue weighted by molar-refractivity contribution is 5.91. The van der Waals surface area contributed by atoms with E-state index in [1.807, 2.05) is 48.5 Å². The highest BCUT2D eigenvalue weighted by Crippen LogP contribution is 2.21. The zero-order valence-corrected chi connectivity index (χ0v) is 15.6. The summed E-state index contributed by atoms with van der Waals surface area (Å²) in [6, 6.07) is 19.9. The van der Waals surface area contributed by atoms with Crippen molar-refractivity contribution in [1.82, 2.24) is 25.2 Å². The minimum Gasteiger partial charge on any atom is -0.379 e. The number of para-hydroxylation sites is 1. The van der Waals surface area contributed by atoms with Crippen molar-refractivity contribution in [3.63, 3.8) is 0 Å². The van der Waals surface area contributed by atoms with Crippen LogP contribution in [0.3, 0.4) is 0 Å². The summed E-state index contributed by atoms with van der Waals surface area (Å²) in [5.41, 5.74) is 2.30. The second-order valence-corrected chi connectivity index (χ2v) is 6.64. The number of amides is 1. The molecule has 3 aromatic rings. The van der Waals surface area contributed by atoms with E-state index >= 15 is 0 Å². The summed E-state index contributed by atoms with van der Waals surface area (Å²) in [6.07, 6.45) is 1.49. The smallest absolute Gasteiger partial charge is 0.273 e. The van der Waals surface area contributed by atoms with E-state index in [2.05, 4.69) is 32.5 Å². The van der Waals surface area contributed by atoms with Crippen LogP contribution in [0.2, 0.25) is 0 Å². The molecule has 1 atom stereocenters. The number of rotatable bonds is 6. The number of hydrogen-bond acceptors (Lipinski definition) is 5. The Hall–Kier alpha value is -3.03. The van der Waals surface area contributed by atoms with Crippen molar-refractivity contribution in [1.29, 1.82) is 0 Å². The van der Waals surface area contributed by atoms with Gasteiger partial charge in [-0.2, -0.15) is 9.90 Å². The third-order valence-corrected chi connectivity index (χ3v) is 4.84. The normalized spacial score (nSPS) is 15.9. The second kappa shape index (κ2) is 8.77. The highest BCUT2D eigenvalue weighted by Gasteiger charge is 2.23. The molecule has 0 radical (unpaired) electrons. The highest BCUT2D eigenvalue weighted by atomic mass is 16.5. The molecule has 144 valence electrons. The zero-order valence-electron chi connectivity index (χ0n) is 15.6. The van der Waals surface area contributed by atoms with Crippen LogP contribution in [0.25, 0.3) is 5.69 Å². The zero-order chi connectivity index (χ0) is 19.2. The van der Waals surface area contributed by atoms with Gasteiger partial charge in [-0.15, -0.1) is 5.10 Å². The predicted octanol–water partition coefficient (Wildman–Crippen LogP) is 2.07. The van der Waals surface area contributed by atoms with Crippen molar-refractivity contribution in [3.8, 4) is 5.69 Å². The summed E-state index contributed by atoms with van der Waals surface area (Å²) in [5, 5.41) is 11.5. The molecule has 1 saturated heterocycles. The van der Waals surface area contributed by atoms with Crippen LogP contribution in [0.5, 0.6) is 0 Å². The van der Waals surface area contributed by atoms with Crippen LogP contribution < -0.4 is 5.32 Å². The molecule has 0 spiro atoms. The fourth-order valence-electron chi connectivity index (χ4n) is 3.35. The maximum absolute atomic E-state index is 12.6. The molecular formula is C21H23N5O2. The summed E-state index contributed by atoms with van der Waals surface area (Å²) >= 11 is 0. The predicted molar refractivity (Wildman–Crippen MR) is 105 cm³/mol. The second-order valence-electron chi connectivity index (χ2n) is 6.64. The lowest BCUT2D eigenvalue weighted by atomic mass is 10.0. The first-order chi connectivity index (χ1) is 13.8. The summed E-state index contributed by atoms with van der Waals surface area (Å²) in [6.45, 7) is 3.62. The van der Waals surface area contributed by atoms with Crippen LogP contribution in [-0.4, -0.2) is 58.6 Å². The van der Waals surface area contributed by atoms with Crippen molar-refractivity contribution in [3.05, 3.63) is 78.1 Å². The number of carbonyl (C=O) groups is 1. The molecule has 1 aliphatic heterocycles. The molecule has 1 aliphatic rings. The lowest BCUT2D eigenvalue weighted by Gasteiger charge is -2.34. The summed E-state index contributed by atoms with van der Waals surface area (Å²) in [4.78, 5) is 16.4. The van der Waals surface area contributed by atoms with Gasteiger partial charge < -0.3 is 10.1 Å². The number of nitrogens with one attached hydrogen (secondary N) is 1. The number of ether oxygens (including phenoxy) is 1. The first-order valence-electron chi connectivity index (χ1n) is 9.44. The Bertz CT molecular complexity index is 891. The summed E-state index contributed by atoms with van der Waals surface area (Å²) in [5.74, 6) is -0.226. The van der Waals surface area contributed by atoms with Crippen LogP contribution in [0.1, 0.15) is 22.1 Å². The fraction of sp³-hybridized carbons (Fsp3) is 0.286. The van der Waals surface area contributed by atoms with Gasteiger partial charge in [-0.25, -0.2) is 0 Å². The van der Waals surface area contributed by atoms with Gasteiger partial charge in [-0.05, 0) is 17.7 Å². The summed E-state index contributed by atoms with van der Waals surface area (Å²) < 4.78 is 5.48. The molecule has 1 fully saturated rings. The third-order valence-electron chi connectivity index (χ3n) is 4.84. The topological polar surface area (TPSA) is 72.3 Å². The quantitative estimate of drug-likeness (QED) is 0.712.